The Morgan fingerprint density at radius 1 is 1.23 bits per heavy atom. The van der Waals surface area contributed by atoms with Gasteiger partial charge in [-0.15, -0.1) is 0 Å². The molecule has 0 bridgehead atoms. The van der Waals surface area contributed by atoms with Crippen LogP contribution in [0.25, 0.3) is 0 Å². The molecular formula is C13H17F3N3O5PS. The number of nitriles is 2. The number of hydrogen-bond acceptors (Lipinski definition) is 7. The van der Waals surface area contributed by atoms with Crippen LogP contribution in [-0.2, 0) is 30.4 Å². The second-order valence-electron chi connectivity index (χ2n) is 4.77. The van der Waals surface area contributed by atoms with Crippen LogP contribution in [0.4, 0.5) is 13.2 Å². The van der Waals surface area contributed by atoms with E-state index < -0.39 is 36.9 Å². The first-order valence-electron chi connectivity index (χ1n) is 7.25. The summed E-state index contributed by atoms with van der Waals surface area (Å²) in [7, 11) is 0. The first-order valence-corrected chi connectivity index (χ1v) is 10.1. The fraction of sp³-hybridized carbons (Fsp3) is 0.692. The molecule has 0 heterocycles. The molecule has 0 aliphatic carbocycles. The third-order valence-electron chi connectivity index (χ3n) is 2.88. The summed E-state index contributed by atoms with van der Waals surface area (Å²) in [6, 6.07) is 1.70. The van der Waals surface area contributed by atoms with Crippen molar-refractivity contribution in [1.82, 2.24) is 4.90 Å². The van der Waals surface area contributed by atoms with Gasteiger partial charge in [-0.25, -0.2) is 4.79 Å². The van der Waals surface area contributed by atoms with Crippen molar-refractivity contribution in [3.63, 3.8) is 0 Å². The molecule has 0 aliphatic heterocycles. The summed E-state index contributed by atoms with van der Waals surface area (Å²) in [5.74, 6) is -4.02. The van der Waals surface area contributed by atoms with Gasteiger partial charge < -0.3 is 19.1 Å². The predicted octanol–water partition coefficient (Wildman–Crippen LogP) is 2.37. The standard InChI is InChI=1S/C13H17F3N3O5PS/c1-2-10(11(20)21)19(12(22)13(14,15)16)9-25(26,23-7-3-5-17)24-8-4-6-18/h10H,2-4,7-9H2,1H3,(H,20,21). The number of amides is 1. The van der Waals surface area contributed by atoms with Crippen LogP contribution in [0.3, 0.4) is 0 Å². The number of nitrogens with zero attached hydrogens (tertiary/aromatic N) is 3. The molecule has 0 aliphatic rings. The molecule has 1 N–H and O–H groups in total. The van der Waals surface area contributed by atoms with E-state index in [1.54, 1.807) is 12.1 Å². The molecule has 0 saturated carbocycles. The van der Waals surface area contributed by atoms with E-state index in [9.17, 15) is 22.8 Å². The van der Waals surface area contributed by atoms with E-state index in [1.807, 2.05) is 0 Å². The van der Waals surface area contributed by atoms with Crippen LogP contribution in [0.15, 0.2) is 0 Å². The Balaban J connectivity index is 5.68. The van der Waals surface area contributed by atoms with Gasteiger partial charge in [0.05, 0.1) is 44.5 Å². The maximum atomic E-state index is 12.9. The topological polar surface area (TPSA) is 124 Å². The number of aliphatic carboxylic acids is 1. The highest BCUT2D eigenvalue weighted by Gasteiger charge is 2.47. The van der Waals surface area contributed by atoms with Crippen LogP contribution >= 0.6 is 6.49 Å². The number of alkyl halides is 3. The highest BCUT2D eigenvalue weighted by molar-refractivity contribution is 8.09. The third-order valence-corrected chi connectivity index (χ3v) is 5.66. The Bertz CT molecular complexity index is 608. The zero-order chi connectivity index (χ0) is 20.4. The van der Waals surface area contributed by atoms with E-state index in [4.69, 9.17) is 36.5 Å². The van der Waals surface area contributed by atoms with Crippen LogP contribution in [0, 0.1) is 22.7 Å². The molecule has 0 spiro atoms. The number of hydrogen-bond donors (Lipinski definition) is 1. The Morgan fingerprint density at radius 3 is 2.00 bits per heavy atom. The van der Waals surface area contributed by atoms with Gasteiger partial charge in [0.25, 0.3) is 0 Å². The second kappa shape index (κ2) is 11.1. The molecule has 1 amide bonds. The fourth-order valence-electron chi connectivity index (χ4n) is 1.76. The average Bonchev–Trinajstić information content (AvgIpc) is 2.53. The predicted molar refractivity (Wildman–Crippen MR) is 86.1 cm³/mol. The first kappa shape index (κ1) is 24.3. The number of carbonyl (C=O) groups excluding carboxylic acids is 1. The number of carboxylic acid groups (broad SMARTS) is 1. The van der Waals surface area contributed by atoms with Gasteiger partial charge in [-0.2, -0.15) is 23.7 Å². The van der Waals surface area contributed by atoms with E-state index in [0.717, 1.165) is 0 Å². The van der Waals surface area contributed by atoms with E-state index in [1.165, 1.54) is 6.92 Å². The Morgan fingerprint density at radius 2 is 1.69 bits per heavy atom. The van der Waals surface area contributed by atoms with Crippen molar-refractivity contribution in [1.29, 1.82) is 10.5 Å². The molecule has 146 valence electrons. The highest BCUT2D eigenvalue weighted by atomic mass is 32.5. The summed E-state index contributed by atoms with van der Waals surface area (Å²) in [4.78, 5) is 23.0. The minimum Gasteiger partial charge on any atom is -0.480 e. The summed E-state index contributed by atoms with van der Waals surface area (Å²) >= 11 is 5.09. The van der Waals surface area contributed by atoms with Crippen molar-refractivity contribution in [3.8, 4) is 12.1 Å². The minimum atomic E-state index is -5.32. The van der Waals surface area contributed by atoms with Gasteiger partial charge >= 0.3 is 18.1 Å². The SMILES string of the molecule is CCC(C(=O)O)N(CP(=S)(OCCC#N)OCCC#N)C(=O)C(F)(F)F. The molecule has 0 aromatic carbocycles. The number of halogens is 3. The molecule has 1 unspecified atom stereocenters. The lowest BCUT2D eigenvalue weighted by atomic mass is 10.2. The Kier molecular flexibility index (Phi) is 10.4. The molecule has 0 rings (SSSR count). The smallest absolute Gasteiger partial charge is 0.471 e. The van der Waals surface area contributed by atoms with Gasteiger partial charge in [-0.05, 0) is 18.2 Å². The third kappa shape index (κ3) is 8.11. The summed E-state index contributed by atoms with van der Waals surface area (Å²) in [5, 5.41) is 26.2. The van der Waals surface area contributed by atoms with Crippen molar-refractivity contribution in [3.05, 3.63) is 0 Å². The summed E-state index contributed by atoms with van der Waals surface area (Å²) < 4.78 is 49.0. The zero-order valence-corrected chi connectivity index (χ0v) is 15.4. The normalized spacial score (nSPS) is 12.7. The second-order valence-corrected chi connectivity index (χ2v) is 8.46. The molecule has 0 aromatic heterocycles. The van der Waals surface area contributed by atoms with Gasteiger partial charge in [-0.3, -0.25) is 4.79 Å². The Hall–Kier alpha value is -1.72. The van der Waals surface area contributed by atoms with Gasteiger partial charge in [0.1, 0.15) is 6.04 Å². The maximum Gasteiger partial charge on any atom is 0.471 e. The van der Waals surface area contributed by atoms with Gasteiger partial charge in [-0.1, -0.05) is 6.92 Å². The molecule has 0 radical (unpaired) electrons. The minimum absolute atomic E-state index is 0.0713. The average molecular weight is 415 g/mol. The van der Waals surface area contributed by atoms with Crippen molar-refractivity contribution in [2.45, 2.75) is 38.4 Å². The van der Waals surface area contributed by atoms with Crippen LogP contribution in [0.2, 0.25) is 0 Å². The van der Waals surface area contributed by atoms with Crippen molar-refractivity contribution in [2.75, 3.05) is 19.5 Å². The Labute approximate surface area is 153 Å². The van der Waals surface area contributed by atoms with Crippen molar-refractivity contribution < 1.29 is 36.9 Å². The quantitative estimate of drug-likeness (QED) is 0.403. The fourth-order valence-corrected chi connectivity index (χ4v) is 4.26. The lowest BCUT2D eigenvalue weighted by Crippen LogP contribution is -2.50. The molecule has 26 heavy (non-hydrogen) atoms. The summed E-state index contributed by atoms with van der Waals surface area (Å²) in [6.45, 7) is -2.83. The van der Waals surface area contributed by atoms with E-state index in [0.29, 0.717) is 0 Å². The van der Waals surface area contributed by atoms with Crippen LogP contribution in [-0.4, -0.2) is 53.6 Å². The van der Waals surface area contributed by atoms with Crippen LogP contribution in [0.5, 0.6) is 0 Å². The van der Waals surface area contributed by atoms with E-state index >= 15 is 0 Å². The van der Waals surface area contributed by atoms with Gasteiger partial charge in [0.15, 0.2) is 0 Å². The van der Waals surface area contributed by atoms with Crippen molar-refractivity contribution >= 4 is 30.2 Å². The first-order chi connectivity index (χ1) is 12.0. The summed E-state index contributed by atoms with van der Waals surface area (Å²) in [5.41, 5.74) is 0. The summed E-state index contributed by atoms with van der Waals surface area (Å²) in [6.07, 6.45) is -6.81. The highest BCUT2D eigenvalue weighted by Crippen LogP contribution is 2.50. The number of carboxylic acids is 1. The molecule has 0 fully saturated rings. The van der Waals surface area contributed by atoms with E-state index in [-0.39, 0.29) is 37.4 Å². The van der Waals surface area contributed by atoms with E-state index in [2.05, 4.69) is 0 Å². The molecule has 0 aromatic rings. The number of carbonyl (C=O) groups is 2. The monoisotopic (exact) mass is 415 g/mol. The van der Waals surface area contributed by atoms with Crippen LogP contribution in [0.1, 0.15) is 26.2 Å². The van der Waals surface area contributed by atoms with Crippen LogP contribution < -0.4 is 0 Å². The zero-order valence-electron chi connectivity index (χ0n) is 13.7. The lowest BCUT2D eigenvalue weighted by Gasteiger charge is -2.33. The van der Waals surface area contributed by atoms with Gasteiger partial charge in [0, 0.05) is 0 Å². The largest absolute Gasteiger partial charge is 0.480 e. The maximum absolute atomic E-state index is 12.9. The molecule has 8 nitrogen and oxygen atoms in total. The molecular weight excluding hydrogens is 398 g/mol. The molecule has 1 atom stereocenters. The molecule has 0 saturated heterocycles. The van der Waals surface area contributed by atoms with Crippen molar-refractivity contribution in [2.24, 2.45) is 0 Å². The lowest BCUT2D eigenvalue weighted by molar-refractivity contribution is -0.188. The number of rotatable bonds is 11. The molecule has 13 heteroatoms. The van der Waals surface area contributed by atoms with Gasteiger partial charge in [0.2, 0.25) is 6.49 Å².